The van der Waals surface area contributed by atoms with Gasteiger partial charge in [0.05, 0.1) is 15.6 Å². The zero-order chi connectivity index (χ0) is 13.3. The Morgan fingerprint density at radius 1 is 1.22 bits per heavy atom. The molecule has 0 atom stereocenters. The molecule has 0 heterocycles. The SMILES string of the molecule is CC1=C(OC(=O)c2c(Cl)cccc2Cl)C(=O)CC1. The van der Waals surface area contributed by atoms with Crippen LogP contribution in [0.15, 0.2) is 29.5 Å². The van der Waals surface area contributed by atoms with Crippen molar-refractivity contribution in [1.29, 1.82) is 0 Å². The van der Waals surface area contributed by atoms with Gasteiger partial charge in [-0.1, -0.05) is 29.3 Å². The minimum atomic E-state index is -0.699. The molecule has 2 rings (SSSR count). The predicted octanol–water partition coefficient (Wildman–Crippen LogP) is 3.79. The lowest BCUT2D eigenvalue weighted by atomic mass is 10.2. The van der Waals surface area contributed by atoms with E-state index >= 15 is 0 Å². The molecule has 0 aromatic heterocycles. The Morgan fingerprint density at radius 2 is 1.83 bits per heavy atom. The summed E-state index contributed by atoms with van der Waals surface area (Å²) in [6.07, 6.45) is 1.00. The van der Waals surface area contributed by atoms with Crippen molar-refractivity contribution in [3.63, 3.8) is 0 Å². The summed E-state index contributed by atoms with van der Waals surface area (Å²) < 4.78 is 5.11. The number of ketones is 1. The van der Waals surface area contributed by atoms with Gasteiger partial charge in [-0.2, -0.15) is 0 Å². The molecule has 1 aromatic rings. The van der Waals surface area contributed by atoms with E-state index in [2.05, 4.69) is 0 Å². The fourth-order valence-corrected chi connectivity index (χ4v) is 2.30. The summed E-state index contributed by atoms with van der Waals surface area (Å²) >= 11 is 11.8. The number of rotatable bonds is 2. The summed E-state index contributed by atoms with van der Waals surface area (Å²) in [5.41, 5.74) is 0.859. The van der Waals surface area contributed by atoms with Crippen LogP contribution in [0, 0.1) is 0 Å². The second-order valence-electron chi connectivity index (χ2n) is 4.02. The van der Waals surface area contributed by atoms with Crippen LogP contribution in [0.5, 0.6) is 0 Å². The maximum absolute atomic E-state index is 12.0. The molecule has 1 aliphatic carbocycles. The van der Waals surface area contributed by atoms with E-state index in [1.54, 1.807) is 25.1 Å². The third-order valence-electron chi connectivity index (χ3n) is 2.73. The number of hydrogen-bond donors (Lipinski definition) is 0. The molecule has 1 aromatic carbocycles. The van der Waals surface area contributed by atoms with E-state index in [4.69, 9.17) is 27.9 Å². The molecule has 0 N–H and O–H groups in total. The molecule has 0 fully saturated rings. The van der Waals surface area contributed by atoms with E-state index in [1.165, 1.54) is 0 Å². The molecule has 1 aliphatic rings. The molecule has 94 valence electrons. The fourth-order valence-electron chi connectivity index (χ4n) is 1.75. The van der Waals surface area contributed by atoms with E-state index < -0.39 is 5.97 Å². The molecule has 0 amide bonds. The molecule has 3 nitrogen and oxygen atoms in total. The summed E-state index contributed by atoms with van der Waals surface area (Å²) in [6, 6.07) is 4.72. The van der Waals surface area contributed by atoms with E-state index in [-0.39, 0.29) is 27.2 Å². The van der Waals surface area contributed by atoms with Crippen molar-refractivity contribution in [2.45, 2.75) is 19.8 Å². The lowest BCUT2D eigenvalue weighted by Crippen LogP contribution is -2.10. The molecule has 18 heavy (non-hydrogen) atoms. The molecule has 0 radical (unpaired) electrons. The van der Waals surface area contributed by atoms with Crippen molar-refractivity contribution in [1.82, 2.24) is 0 Å². The van der Waals surface area contributed by atoms with Crippen LogP contribution >= 0.6 is 23.2 Å². The fraction of sp³-hybridized carbons (Fsp3) is 0.231. The summed E-state index contributed by atoms with van der Waals surface area (Å²) in [4.78, 5) is 23.5. The van der Waals surface area contributed by atoms with Gasteiger partial charge in [0.2, 0.25) is 0 Å². The van der Waals surface area contributed by atoms with Crippen molar-refractivity contribution in [2.75, 3.05) is 0 Å². The van der Waals surface area contributed by atoms with Crippen LogP contribution in [0.1, 0.15) is 30.1 Å². The molecule has 0 saturated carbocycles. The Kier molecular flexibility index (Phi) is 3.73. The topological polar surface area (TPSA) is 43.4 Å². The van der Waals surface area contributed by atoms with Gasteiger partial charge >= 0.3 is 5.97 Å². The summed E-state index contributed by atoms with van der Waals surface area (Å²) in [5, 5.41) is 0.410. The first-order valence-electron chi connectivity index (χ1n) is 5.40. The molecular formula is C13H10Cl2O3. The zero-order valence-electron chi connectivity index (χ0n) is 9.63. The maximum atomic E-state index is 12.0. The number of benzene rings is 1. The second kappa shape index (κ2) is 5.12. The predicted molar refractivity (Wildman–Crippen MR) is 68.8 cm³/mol. The van der Waals surface area contributed by atoms with Crippen LogP contribution < -0.4 is 0 Å². The molecular weight excluding hydrogens is 275 g/mol. The molecule has 0 unspecified atom stereocenters. The number of ether oxygens (including phenoxy) is 1. The van der Waals surface area contributed by atoms with Gasteiger partial charge in [0.15, 0.2) is 11.5 Å². The van der Waals surface area contributed by atoms with E-state index in [0.717, 1.165) is 5.57 Å². The average Bonchev–Trinajstić information content (AvgIpc) is 2.60. The Labute approximate surface area is 114 Å². The number of esters is 1. The Morgan fingerprint density at radius 3 is 2.33 bits per heavy atom. The number of Topliss-reactive ketones (excluding diaryl/α,β-unsaturated/α-hetero) is 1. The molecule has 0 aliphatic heterocycles. The van der Waals surface area contributed by atoms with E-state index in [0.29, 0.717) is 12.8 Å². The maximum Gasteiger partial charge on any atom is 0.346 e. The van der Waals surface area contributed by atoms with Crippen molar-refractivity contribution in [3.05, 3.63) is 45.1 Å². The van der Waals surface area contributed by atoms with Gasteiger partial charge in [-0.25, -0.2) is 4.79 Å². The normalized spacial score (nSPS) is 15.2. The Balaban J connectivity index is 2.29. The summed E-state index contributed by atoms with van der Waals surface area (Å²) in [7, 11) is 0. The lowest BCUT2D eigenvalue weighted by molar-refractivity contribution is -0.117. The van der Waals surface area contributed by atoms with Crippen molar-refractivity contribution in [3.8, 4) is 0 Å². The van der Waals surface area contributed by atoms with Crippen LogP contribution in [0.2, 0.25) is 10.0 Å². The number of hydrogen-bond acceptors (Lipinski definition) is 3. The molecule has 0 bridgehead atoms. The number of allylic oxidation sites excluding steroid dienone is 2. The first-order valence-corrected chi connectivity index (χ1v) is 6.15. The average molecular weight is 285 g/mol. The summed E-state index contributed by atoms with van der Waals surface area (Å²) in [6.45, 7) is 1.77. The second-order valence-corrected chi connectivity index (χ2v) is 4.83. The molecule has 5 heteroatoms. The van der Waals surface area contributed by atoms with Gasteiger partial charge in [0.25, 0.3) is 0 Å². The van der Waals surface area contributed by atoms with Crippen LogP contribution in [0.3, 0.4) is 0 Å². The van der Waals surface area contributed by atoms with Crippen LogP contribution in [-0.2, 0) is 9.53 Å². The highest BCUT2D eigenvalue weighted by Gasteiger charge is 2.26. The van der Waals surface area contributed by atoms with Gasteiger partial charge in [-0.15, -0.1) is 0 Å². The first kappa shape index (κ1) is 13.1. The Bertz CT molecular complexity index is 541. The Hall–Kier alpha value is -1.32. The smallest absolute Gasteiger partial charge is 0.346 e. The van der Waals surface area contributed by atoms with E-state index in [1.807, 2.05) is 0 Å². The van der Waals surface area contributed by atoms with Gasteiger partial charge in [0.1, 0.15) is 0 Å². The minimum absolute atomic E-state index is 0.0841. The van der Waals surface area contributed by atoms with E-state index in [9.17, 15) is 9.59 Å². The van der Waals surface area contributed by atoms with Crippen molar-refractivity contribution >= 4 is 35.0 Å². The highest BCUT2D eigenvalue weighted by Crippen LogP contribution is 2.28. The van der Waals surface area contributed by atoms with Gasteiger partial charge in [-0.05, 0) is 31.1 Å². The van der Waals surface area contributed by atoms with Crippen LogP contribution in [0.25, 0.3) is 0 Å². The van der Waals surface area contributed by atoms with Gasteiger partial charge in [-0.3, -0.25) is 4.79 Å². The highest BCUT2D eigenvalue weighted by atomic mass is 35.5. The number of carbonyl (C=O) groups excluding carboxylic acids is 2. The molecule has 0 saturated heterocycles. The van der Waals surface area contributed by atoms with Crippen LogP contribution in [-0.4, -0.2) is 11.8 Å². The third kappa shape index (κ3) is 2.42. The minimum Gasteiger partial charge on any atom is -0.419 e. The zero-order valence-corrected chi connectivity index (χ0v) is 11.1. The lowest BCUT2D eigenvalue weighted by Gasteiger charge is -2.08. The largest absolute Gasteiger partial charge is 0.419 e. The quantitative estimate of drug-likeness (QED) is 0.776. The molecule has 0 spiro atoms. The van der Waals surface area contributed by atoms with Crippen molar-refractivity contribution < 1.29 is 14.3 Å². The standard InChI is InChI=1S/C13H10Cl2O3/c1-7-5-6-10(16)12(7)18-13(17)11-8(14)3-2-4-9(11)15/h2-4H,5-6H2,1H3. The van der Waals surface area contributed by atoms with Crippen molar-refractivity contribution in [2.24, 2.45) is 0 Å². The van der Waals surface area contributed by atoms with Gasteiger partial charge < -0.3 is 4.74 Å². The third-order valence-corrected chi connectivity index (χ3v) is 3.36. The first-order chi connectivity index (χ1) is 8.50. The van der Waals surface area contributed by atoms with Crippen LogP contribution in [0.4, 0.5) is 0 Å². The summed E-state index contributed by atoms with van der Waals surface area (Å²) in [5.74, 6) is -0.741. The van der Waals surface area contributed by atoms with Gasteiger partial charge in [0, 0.05) is 6.42 Å². The monoisotopic (exact) mass is 284 g/mol. The number of carbonyl (C=O) groups is 2. The highest BCUT2D eigenvalue weighted by molar-refractivity contribution is 6.39. The number of halogens is 2.